The van der Waals surface area contributed by atoms with Crippen molar-refractivity contribution in [2.75, 3.05) is 25.9 Å². The van der Waals surface area contributed by atoms with Gasteiger partial charge in [-0.05, 0) is 38.5 Å². The van der Waals surface area contributed by atoms with Gasteiger partial charge in [0.2, 0.25) is 0 Å². The number of benzene rings is 1. The molecule has 0 saturated carbocycles. The highest BCUT2D eigenvalue weighted by Crippen LogP contribution is 2.09. The average molecular weight is 378 g/mol. The fourth-order valence-corrected chi connectivity index (χ4v) is 3.79. The van der Waals surface area contributed by atoms with Crippen LogP contribution in [0.3, 0.4) is 0 Å². The van der Waals surface area contributed by atoms with Crippen molar-refractivity contribution >= 4 is 15.8 Å². The Kier molecular flexibility index (Phi) is 7.20. The maximum absolute atomic E-state index is 12.2. The summed E-state index contributed by atoms with van der Waals surface area (Å²) in [5.41, 5.74) is 2.17. The number of aliphatic imine (C=N–C) groups is 1. The molecule has 0 aliphatic carbocycles. The molecular formula is C18H27N5O2S. The molecular weight excluding hydrogens is 350 g/mol. The SMILES string of the molecule is CN=C(NCCCn1nc(C)cc1C)NCCS(=O)(=O)c1ccccc1. The third kappa shape index (κ3) is 5.87. The van der Waals surface area contributed by atoms with E-state index in [-0.39, 0.29) is 5.75 Å². The van der Waals surface area contributed by atoms with Crippen LogP contribution in [0.5, 0.6) is 0 Å². The number of guanidine groups is 1. The Labute approximate surface area is 155 Å². The van der Waals surface area contributed by atoms with E-state index in [1.807, 2.05) is 18.5 Å². The average Bonchev–Trinajstić information content (AvgIpc) is 2.95. The van der Waals surface area contributed by atoms with Crippen LogP contribution in [-0.4, -0.2) is 50.0 Å². The lowest BCUT2D eigenvalue weighted by molar-refractivity contribution is 0.555. The molecule has 0 spiro atoms. The molecule has 8 heteroatoms. The van der Waals surface area contributed by atoms with Gasteiger partial charge in [0, 0.05) is 32.4 Å². The predicted molar refractivity (Wildman–Crippen MR) is 104 cm³/mol. The van der Waals surface area contributed by atoms with Crippen LogP contribution in [0.1, 0.15) is 17.8 Å². The minimum absolute atomic E-state index is 0.0173. The van der Waals surface area contributed by atoms with Crippen LogP contribution in [0.15, 0.2) is 46.3 Å². The van der Waals surface area contributed by atoms with Gasteiger partial charge in [-0.1, -0.05) is 18.2 Å². The number of aromatic nitrogens is 2. The van der Waals surface area contributed by atoms with Crippen molar-refractivity contribution in [3.63, 3.8) is 0 Å². The first-order valence-corrected chi connectivity index (χ1v) is 10.3. The number of nitrogens with one attached hydrogen (secondary N) is 2. The van der Waals surface area contributed by atoms with Gasteiger partial charge in [-0.3, -0.25) is 9.67 Å². The number of aryl methyl sites for hydroxylation is 3. The number of rotatable bonds is 8. The summed E-state index contributed by atoms with van der Waals surface area (Å²) in [5, 5.41) is 10.7. The fraction of sp³-hybridized carbons (Fsp3) is 0.444. The van der Waals surface area contributed by atoms with Crippen LogP contribution in [0.2, 0.25) is 0 Å². The molecule has 2 N–H and O–H groups in total. The molecule has 1 aromatic carbocycles. The fourth-order valence-electron chi connectivity index (χ4n) is 2.61. The van der Waals surface area contributed by atoms with Crippen molar-refractivity contribution < 1.29 is 8.42 Å². The van der Waals surface area contributed by atoms with Crippen LogP contribution >= 0.6 is 0 Å². The molecule has 0 atom stereocenters. The van der Waals surface area contributed by atoms with Gasteiger partial charge in [-0.2, -0.15) is 5.10 Å². The van der Waals surface area contributed by atoms with Crippen molar-refractivity contribution in [3.05, 3.63) is 47.8 Å². The summed E-state index contributed by atoms with van der Waals surface area (Å²) in [6.45, 7) is 5.88. The second-order valence-electron chi connectivity index (χ2n) is 6.06. The smallest absolute Gasteiger partial charge is 0.191 e. The van der Waals surface area contributed by atoms with Crippen LogP contribution in [-0.2, 0) is 16.4 Å². The zero-order chi connectivity index (χ0) is 19.0. The lowest BCUT2D eigenvalue weighted by Crippen LogP contribution is -2.40. The predicted octanol–water partition coefficient (Wildman–Crippen LogP) is 1.53. The normalized spacial score (nSPS) is 12.2. The third-order valence-electron chi connectivity index (χ3n) is 3.93. The van der Waals surface area contributed by atoms with Crippen LogP contribution in [0.25, 0.3) is 0 Å². The van der Waals surface area contributed by atoms with Gasteiger partial charge >= 0.3 is 0 Å². The Balaban J connectivity index is 1.72. The Bertz CT molecular complexity index is 829. The maximum Gasteiger partial charge on any atom is 0.191 e. The lowest BCUT2D eigenvalue weighted by atomic mass is 10.4. The number of sulfone groups is 1. The van der Waals surface area contributed by atoms with Crippen molar-refractivity contribution in [3.8, 4) is 0 Å². The largest absolute Gasteiger partial charge is 0.356 e. The summed E-state index contributed by atoms with van der Waals surface area (Å²) in [4.78, 5) is 4.47. The van der Waals surface area contributed by atoms with Gasteiger partial charge in [0.15, 0.2) is 15.8 Å². The second-order valence-corrected chi connectivity index (χ2v) is 8.17. The first-order valence-electron chi connectivity index (χ1n) is 8.66. The quantitative estimate of drug-likeness (QED) is 0.414. The van der Waals surface area contributed by atoms with Gasteiger partial charge in [-0.25, -0.2) is 8.42 Å². The molecule has 0 fully saturated rings. The second kappa shape index (κ2) is 9.38. The maximum atomic E-state index is 12.2. The molecule has 2 aromatic rings. The number of nitrogens with zero attached hydrogens (tertiary/aromatic N) is 3. The molecule has 0 amide bonds. The highest BCUT2D eigenvalue weighted by molar-refractivity contribution is 7.91. The molecule has 1 heterocycles. The molecule has 2 rings (SSSR count). The van der Waals surface area contributed by atoms with Gasteiger partial charge in [-0.15, -0.1) is 0 Å². The topological polar surface area (TPSA) is 88.4 Å². The van der Waals surface area contributed by atoms with Gasteiger partial charge in [0.25, 0.3) is 0 Å². The van der Waals surface area contributed by atoms with Gasteiger partial charge in [0.1, 0.15) is 0 Å². The Morgan fingerprint density at radius 3 is 2.46 bits per heavy atom. The molecule has 7 nitrogen and oxygen atoms in total. The van der Waals surface area contributed by atoms with E-state index in [0.717, 1.165) is 30.9 Å². The third-order valence-corrected chi connectivity index (χ3v) is 5.66. The number of hydrogen-bond donors (Lipinski definition) is 2. The van der Waals surface area contributed by atoms with E-state index in [2.05, 4.69) is 26.8 Å². The van der Waals surface area contributed by atoms with Gasteiger partial charge in [0.05, 0.1) is 16.3 Å². The van der Waals surface area contributed by atoms with E-state index < -0.39 is 9.84 Å². The zero-order valence-corrected chi connectivity index (χ0v) is 16.4. The Morgan fingerprint density at radius 1 is 1.15 bits per heavy atom. The molecule has 0 radical (unpaired) electrons. The van der Waals surface area contributed by atoms with E-state index in [9.17, 15) is 8.42 Å². The molecule has 142 valence electrons. The van der Waals surface area contributed by atoms with E-state index in [1.165, 1.54) is 0 Å². The highest BCUT2D eigenvalue weighted by atomic mass is 32.2. The van der Waals surface area contributed by atoms with Crippen molar-refractivity contribution in [2.45, 2.75) is 31.7 Å². The minimum atomic E-state index is -3.28. The highest BCUT2D eigenvalue weighted by Gasteiger charge is 2.13. The summed E-state index contributed by atoms with van der Waals surface area (Å²) in [5.74, 6) is 0.616. The standard InChI is InChI=1S/C18H27N5O2S/c1-15-14-16(2)23(22-15)12-7-10-20-18(19-3)21-11-13-26(24,25)17-8-5-4-6-9-17/h4-6,8-9,14H,7,10-13H2,1-3H3,(H2,19,20,21). The summed E-state index contributed by atoms with van der Waals surface area (Å²) >= 11 is 0. The summed E-state index contributed by atoms with van der Waals surface area (Å²) in [6.07, 6.45) is 0.894. The van der Waals surface area contributed by atoms with Crippen LogP contribution in [0, 0.1) is 13.8 Å². The number of hydrogen-bond acceptors (Lipinski definition) is 4. The Hall–Kier alpha value is -2.35. The van der Waals surface area contributed by atoms with E-state index >= 15 is 0 Å². The summed E-state index contributed by atoms with van der Waals surface area (Å²) < 4.78 is 26.5. The van der Waals surface area contributed by atoms with E-state index in [1.54, 1.807) is 37.4 Å². The van der Waals surface area contributed by atoms with Crippen LogP contribution in [0.4, 0.5) is 0 Å². The molecule has 0 unspecified atom stereocenters. The molecule has 0 aliphatic heterocycles. The van der Waals surface area contributed by atoms with E-state index in [4.69, 9.17) is 0 Å². The van der Waals surface area contributed by atoms with Crippen molar-refractivity contribution in [1.29, 1.82) is 0 Å². The van der Waals surface area contributed by atoms with Crippen molar-refractivity contribution in [1.82, 2.24) is 20.4 Å². The minimum Gasteiger partial charge on any atom is -0.356 e. The molecule has 0 bridgehead atoms. The van der Waals surface area contributed by atoms with Gasteiger partial charge < -0.3 is 10.6 Å². The Morgan fingerprint density at radius 2 is 1.85 bits per heavy atom. The molecule has 0 aliphatic rings. The lowest BCUT2D eigenvalue weighted by Gasteiger charge is -2.12. The molecule has 1 aromatic heterocycles. The summed E-state index contributed by atoms with van der Waals surface area (Å²) in [6, 6.07) is 10.5. The summed E-state index contributed by atoms with van der Waals surface area (Å²) in [7, 11) is -1.62. The first kappa shape index (κ1) is 20.0. The van der Waals surface area contributed by atoms with Crippen LogP contribution < -0.4 is 10.6 Å². The molecule has 26 heavy (non-hydrogen) atoms. The van der Waals surface area contributed by atoms with Crippen molar-refractivity contribution in [2.24, 2.45) is 4.99 Å². The molecule has 0 saturated heterocycles. The zero-order valence-electron chi connectivity index (χ0n) is 15.6. The monoisotopic (exact) mass is 377 g/mol. The van der Waals surface area contributed by atoms with E-state index in [0.29, 0.717) is 17.4 Å². The first-order chi connectivity index (χ1) is 12.4.